The lowest BCUT2D eigenvalue weighted by Crippen LogP contribution is -2.47. The van der Waals surface area contributed by atoms with Gasteiger partial charge in [-0.3, -0.25) is 0 Å². The first-order valence-electron chi connectivity index (χ1n) is 4.38. The third-order valence-electron chi connectivity index (χ3n) is 2.58. The molecule has 2 fully saturated rings. The lowest BCUT2D eigenvalue weighted by Gasteiger charge is -2.30. The zero-order valence-corrected chi connectivity index (χ0v) is 8.92. The van der Waals surface area contributed by atoms with Crippen LogP contribution in [0.2, 0.25) is 0 Å². The molecule has 0 atom stereocenters. The molecule has 0 saturated carbocycles. The van der Waals surface area contributed by atoms with Gasteiger partial charge in [-0.1, -0.05) is 0 Å². The topological polar surface area (TPSA) is 15.3 Å². The molecule has 2 rings (SSSR count). The summed E-state index contributed by atoms with van der Waals surface area (Å²) < 4.78 is 0. The van der Waals surface area contributed by atoms with Crippen molar-refractivity contribution in [1.82, 2.24) is 10.2 Å². The van der Waals surface area contributed by atoms with E-state index in [0.29, 0.717) is 0 Å². The van der Waals surface area contributed by atoms with Crippen molar-refractivity contribution >= 4 is 24.8 Å². The lowest BCUT2D eigenvalue weighted by molar-refractivity contribution is 0.224. The summed E-state index contributed by atoms with van der Waals surface area (Å²) in [5.74, 6) is 0.970. The molecule has 2 aliphatic heterocycles. The summed E-state index contributed by atoms with van der Waals surface area (Å²) >= 11 is 0. The number of hydrogen-bond donors (Lipinski definition) is 1. The molecule has 74 valence electrons. The average Bonchev–Trinajstić information content (AvgIpc) is 2.29. The summed E-state index contributed by atoms with van der Waals surface area (Å²) in [5, 5.41) is 3.31. The molecule has 0 aromatic rings. The summed E-state index contributed by atoms with van der Waals surface area (Å²) in [6.07, 6.45) is 2.86. The van der Waals surface area contributed by atoms with Gasteiger partial charge in [0.1, 0.15) is 0 Å². The summed E-state index contributed by atoms with van der Waals surface area (Å²) in [4.78, 5) is 2.60. The van der Waals surface area contributed by atoms with Crippen LogP contribution >= 0.6 is 24.8 Å². The lowest BCUT2D eigenvalue weighted by atomic mass is 10.0. The molecule has 2 nitrogen and oxygen atoms in total. The van der Waals surface area contributed by atoms with Crippen molar-refractivity contribution in [3.05, 3.63) is 0 Å². The minimum Gasteiger partial charge on any atom is -0.316 e. The summed E-state index contributed by atoms with van der Waals surface area (Å²) in [7, 11) is 0. The molecule has 2 saturated heterocycles. The van der Waals surface area contributed by atoms with Crippen molar-refractivity contribution in [2.45, 2.75) is 12.8 Å². The van der Waals surface area contributed by atoms with Crippen molar-refractivity contribution in [3.8, 4) is 0 Å². The van der Waals surface area contributed by atoms with Crippen LogP contribution in [0.5, 0.6) is 0 Å². The molecular formula is C8H18Cl2N2. The predicted molar refractivity (Wildman–Crippen MR) is 56.5 cm³/mol. The Morgan fingerprint density at radius 3 is 2.08 bits per heavy atom. The fourth-order valence-corrected chi connectivity index (χ4v) is 1.81. The van der Waals surface area contributed by atoms with Crippen LogP contribution < -0.4 is 5.32 Å². The number of likely N-dealkylation sites (tertiary alicyclic amines) is 1. The number of rotatable bonds is 2. The quantitative estimate of drug-likeness (QED) is 0.740. The van der Waals surface area contributed by atoms with Gasteiger partial charge in [0, 0.05) is 19.6 Å². The highest BCUT2D eigenvalue weighted by Gasteiger charge is 2.21. The van der Waals surface area contributed by atoms with E-state index in [-0.39, 0.29) is 24.8 Å². The van der Waals surface area contributed by atoms with Gasteiger partial charge in [-0.25, -0.2) is 0 Å². The van der Waals surface area contributed by atoms with Crippen LogP contribution in [-0.4, -0.2) is 37.6 Å². The van der Waals surface area contributed by atoms with E-state index in [2.05, 4.69) is 10.2 Å². The third kappa shape index (κ3) is 3.09. The second-order valence-electron chi connectivity index (χ2n) is 3.53. The van der Waals surface area contributed by atoms with Gasteiger partial charge in [0.05, 0.1) is 0 Å². The molecule has 0 unspecified atom stereocenters. The Hall–Kier alpha value is 0.500. The third-order valence-corrected chi connectivity index (χ3v) is 2.58. The molecule has 12 heavy (non-hydrogen) atoms. The van der Waals surface area contributed by atoms with Crippen LogP contribution in [0.25, 0.3) is 0 Å². The Kier molecular flexibility index (Phi) is 6.28. The van der Waals surface area contributed by atoms with Gasteiger partial charge in [0.15, 0.2) is 0 Å². The Bertz CT molecular complexity index is 112. The SMILES string of the molecule is C1CCN(CC2CNC2)C1.Cl.Cl. The van der Waals surface area contributed by atoms with Crippen molar-refractivity contribution < 1.29 is 0 Å². The molecule has 0 bridgehead atoms. The van der Waals surface area contributed by atoms with Gasteiger partial charge in [0.25, 0.3) is 0 Å². The molecule has 0 aromatic heterocycles. The monoisotopic (exact) mass is 212 g/mol. The van der Waals surface area contributed by atoms with Crippen molar-refractivity contribution in [3.63, 3.8) is 0 Å². The maximum absolute atomic E-state index is 3.31. The number of hydrogen-bond acceptors (Lipinski definition) is 2. The van der Waals surface area contributed by atoms with E-state index in [9.17, 15) is 0 Å². The van der Waals surface area contributed by atoms with E-state index in [0.717, 1.165) is 5.92 Å². The molecule has 2 aliphatic rings. The fraction of sp³-hybridized carbons (Fsp3) is 1.00. The maximum Gasteiger partial charge on any atom is 0.00340 e. The molecule has 1 N–H and O–H groups in total. The van der Waals surface area contributed by atoms with Crippen LogP contribution in [-0.2, 0) is 0 Å². The average molecular weight is 213 g/mol. The largest absolute Gasteiger partial charge is 0.316 e. The highest BCUT2D eigenvalue weighted by atomic mass is 35.5. The Labute approximate surface area is 86.9 Å². The van der Waals surface area contributed by atoms with Crippen LogP contribution in [0, 0.1) is 5.92 Å². The maximum atomic E-state index is 3.31. The molecule has 0 aromatic carbocycles. The number of nitrogens with one attached hydrogen (secondary N) is 1. The number of halogens is 2. The second-order valence-corrected chi connectivity index (χ2v) is 3.53. The molecule has 4 heteroatoms. The predicted octanol–water partition coefficient (Wildman–Crippen LogP) is 1.15. The van der Waals surface area contributed by atoms with Crippen molar-refractivity contribution in [2.24, 2.45) is 5.92 Å². The standard InChI is InChI=1S/C8H16N2.2ClH/c1-2-4-10(3-1)7-8-5-9-6-8;;/h8-9H,1-7H2;2*1H. The van der Waals surface area contributed by atoms with E-state index < -0.39 is 0 Å². The van der Waals surface area contributed by atoms with Crippen molar-refractivity contribution in [1.29, 1.82) is 0 Å². The molecule has 0 aliphatic carbocycles. The van der Waals surface area contributed by atoms with E-state index in [1.807, 2.05) is 0 Å². The van der Waals surface area contributed by atoms with E-state index in [1.54, 1.807) is 0 Å². The van der Waals surface area contributed by atoms with E-state index in [1.165, 1.54) is 45.6 Å². The summed E-state index contributed by atoms with van der Waals surface area (Å²) in [5.41, 5.74) is 0. The first-order chi connectivity index (χ1) is 4.95. The fourth-order valence-electron chi connectivity index (χ4n) is 1.81. The normalized spacial score (nSPS) is 24.0. The highest BCUT2D eigenvalue weighted by molar-refractivity contribution is 5.85. The van der Waals surface area contributed by atoms with Crippen LogP contribution in [0.3, 0.4) is 0 Å². The van der Waals surface area contributed by atoms with E-state index >= 15 is 0 Å². The smallest absolute Gasteiger partial charge is 0.00340 e. The molecular weight excluding hydrogens is 195 g/mol. The Morgan fingerprint density at radius 1 is 1.08 bits per heavy atom. The van der Waals surface area contributed by atoms with Crippen molar-refractivity contribution in [2.75, 3.05) is 32.7 Å². The van der Waals surface area contributed by atoms with Gasteiger partial charge >= 0.3 is 0 Å². The Balaban J connectivity index is 0.000000605. The van der Waals surface area contributed by atoms with Crippen LogP contribution in [0.15, 0.2) is 0 Å². The Morgan fingerprint density at radius 2 is 1.67 bits per heavy atom. The molecule has 2 heterocycles. The summed E-state index contributed by atoms with van der Waals surface area (Å²) in [6.45, 7) is 6.59. The van der Waals surface area contributed by atoms with Crippen LogP contribution in [0.4, 0.5) is 0 Å². The highest BCUT2D eigenvalue weighted by Crippen LogP contribution is 2.12. The minimum absolute atomic E-state index is 0. The molecule has 0 spiro atoms. The first kappa shape index (κ1) is 12.5. The van der Waals surface area contributed by atoms with Gasteiger partial charge in [-0.05, 0) is 31.8 Å². The van der Waals surface area contributed by atoms with Gasteiger partial charge in [-0.15, -0.1) is 24.8 Å². The first-order valence-corrected chi connectivity index (χ1v) is 4.38. The van der Waals surface area contributed by atoms with E-state index in [4.69, 9.17) is 0 Å². The molecule has 0 amide bonds. The van der Waals surface area contributed by atoms with Gasteiger partial charge in [0.2, 0.25) is 0 Å². The van der Waals surface area contributed by atoms with Gasteiger partial charge in [-0.2, -0.15) is 0 Å². The second kappa shape index (κ2) is 6.03. The minimum atomic E-state index is 0. The van der Waals surface area contributed by atoms with Gasteiger partial charge < -0.3 is 10.2 Å². The molecule has 0 radical (unpaired) electrons. The zero-order chi connectivity index (χ0) is 6.81. The summed E-state index contributed by atoms with van der Waals surface area (Å²) in [6, 6.07) is 0. The number of nitrogens with zero attached hydrogens (tertiary/aromatic N) is 1. The zero-order valence-electron chi connectivity index (χ0n) is 7.29. The van der Waals surface area contributed by atoms with Crippen LogP contribution in [0.1, 0.15) is 12.8 Å².